The van der Waals surface area contributed by atoms with E-state index in [4.69, 9.17) is 18.6 Å². The van der Waals surface area contributed by atoms with E-state index in [1.807, 2.05) is 18.2 Å². The monoisotopic (exact) mass is 548 g/mol. The van der Waals surface area contributed by atoms with Gasteiger partial charge in [-0.05, 0) is 104 Å². The average Bonchev–Trinajstić information content (AvgIpc) is 2.89. The molecule has 0 aliphatic rings. The van der Waals surface area contributed by atoms with Crippen LogP contribution in [0.1, 0.15) is 87.0 Å². The number of hydrogen-bond acceptors (Lipinski definition) is 5. The van der Waals surface area contributed by atoms with Gasteiger partial charge in [-0.15, -0.1) is 0 Å². The van der Waals surface area contributed by atoms with Gasteiger partial charge in [0.15, 0.2) is 5.75 Å². The highest BCUT2D eigenvalue weighted by molar-refractivity contribution is 5.86. The maximum atomic E-state index is 13.1. The van der Waals surface area contributed by atoms with Gasteiger partial charge in [0, 0.05) is 6.07 Å². The van der Waals surface area contributed by atoms with Crippen molar-refractivity contribution in [3.8, 4) is 17.2 Å². The second-order valence-electron chi connectivity index (χ2n) is 10.6. The van der Waals surface area contributed by atoms with Gasteiger partial charge in [-0.2, -0.15) is 0 Å². The maximum Gasteiger partial charge on any atom is 0.383 e. The lowest BCUT2D eigenvalue weighted by molar-refractivity contribution is 0.294. The fourth-order valence-electron chi connectivity index (χ4n) is 3.94. The summed E-state index contributed by atoms with van der Waals surface area (Å²) in [6.07, 6.45) is 18.4. The molecule has 0 atom stereocenters. The molecule has 2 aromatic rings. The Balaban J connectivity index is 2.27. The Morgan fingerprint density at radius 2 is 1.35 bits per heavy atom. The number of allylic oxidation sites excluding steroid dienone is 7. The fourth-order valence-corrected chi connectivity index (χ4v) is 3.94. The molecule has 0 saturated carbocycles. The lowest BCUT2D eigenvalue weighted by Gasteiger charge is -2.14. The first-order valence-corrected chi connectivity index (χ1v) is 14.4. The standard InChI is InChI=1S/C35H48O5/c1-8-9-10-11-22-37-30-18-19-31-32(25-30)40-35(36)34(39-24-21-29(7)17-13-15-27(4)5)33(31)38-23-20-28(6)16-12-14-26(2)3/h9-10,14-15,18-21,25H,8,11-13,16-17,22-24H2,1-7H3/b10-9?,28-20+,29-21+. The third-order valence-corrected chi connectivity index (χ3v) is 6.25. The topological polar surface area (TPSA) is 57.9 Å². The highest BCUT2D eigenvalue weighted by Gasteiger charge is 2.18. The van der Waals surface area contributed by atoms with E-state index in [2.05, 4.69) is 78.8 Å². The Morgan fingerprint density at radius 3 is 1.93 bits per heavy atom. The summed E-state index contributed by atoms with van der Waals surface area (Å²) in [5, 5.41) is 0.674. The van der Waals surface area contributed by atoms with Crippen LogP contribution in [0.25, 0.3) is 11.0 Å². The van der Waals surface area contributed by atoms with E-state index in [9.17, 15) is 4.79 Å². The van der Waals surface area contributed by atoms with E-state index in [0.717, 1.165) is 38.5 Å². The number of hydrogen-bond donors (Lipinski definition) is 0. The summed E-state index contributed by atoms with van der Waals surface area (Å²) in [5.41, 5.74) is 4.90. The Morgan fingerprint density at radius 1 is 0.750 bits per heavy atom. The van der Waals surface area contributed by atoms with E-state index < -0.39 is 5.63 Å². The van der Waals surface area contributed by atoms with Crippen molar-refractivity contribution in [1.29, 1.82) is 0 Å². The molecule has 1 heterocycles. The van der Waals surface area contributed by atoms with Gasteiger partial charge in [-0.3, -0.25) is 0 Å². The van der Waals surface area contributed by atoms with Crippen molar-refractivity contribution in [2.24, 2.45) is 0 Å². The summed E-state index contributed by atoms with van der Waals surface area (Å²) in [5.74, 6) is 1.13. The predicted octanol–water partition coefficient (Wildman–Crippen LogP) is 9.67. The molecule has 0 radical (unpaired) electrons. The van der Waals surface area contributed by atoms with Crippen LogP contribution in [-0.2, 0) is 0 Å². The second-order valence-corrected chi connectivity index (χ2v) is 10.6. The van der Waals surface area contributed by atoms with Crippen molar-refractivity contribution in [2.45, 2.75) is 87.0 Å². The minimum absolute atomic E-state index is 0.0924. The minimum atomic E-state index is -0.564. The molecule has 1 aromatic carbocycles. The number of rotatable bonds is 17. The number of fused-ring (bicyclic) bond motifs is 1. The molecule has 0 amide bonds. The summed E-state index contributed by atoms with van der Waals surface area (Å²) < 4.78 is 23.7. The quantitative estimate of drug-likeness (QED) is 0.112. The van der Waals surface area contributed by atoms with Crippen molar-refractivity contribution in [3.63, 3.8) is 0 Å². The molecule has 218 valence electrons. The summed E-state index contributed by atoms with van der Waals surface area (Å²) >= 11 is 0. The van der Waals surface area contributed by atoms with E-state index in [-0.39, 0.29) is 12.4 Å². The maximum absolute atomic E-state index is 13.1. The molecule has 0 unspecified atom stereocenters. The average molecular weight is 549 g/mol. The van der Waals surface area contributed by atoms with Crippen molar-refractivity contribution < 1.29 is 18.6 Å². The Kier molecular flexibility index (Phi) is 14.7. The molecular formula is C35H48O5. The molecule has 0 aliphatic heterocycles. The third-order valence-electron chi connectivity index (χ3n) is 6.25. The molecule has 1 aromatic heterocycles. The summed E-state index contributed by atoms with van der Waals surface area (Å²) in [7, 11) is 0. The van der Waals surface area contributed by atoms with Gasteiger partial charge in [-0.1, -0.05) is 53.5 Å². The van der Waals surface area contributed by atoms with Crippen LogP contribution < -0.4 is 19.8 Å². The first kappa shape index (κ1) is 32.7. The van der Waals surface area contributed by atoms with Crippen molar-refractivity contribution >= 4 is 11.0 Å². The van der Waals surface area contributed by atoms with Crippen molar-refractivity contribution in [3.05, 3.63) is 87.4 Å². The zero-order valence-corrected chi connectivity index (χ0v) is 25.6. The summed E-state index contributed by atoms with van der Waals surface area (Å²) in [6, 6.07) is 5.48. The van der Waals surface area contributed by atoms with E-state index >= 15 is 0 Å². The van der Waals surface area contributed by atoms with Gasteiger partial charge >= 0.3 is 5.63 Å². The van der Waals surface area contributed by atoms with Gasteiger partial charge in [0.1, 0.15) is 24.5 Å². The van der Waals surface area contributed by atoms with Crippen LogP contribution in [0.3, 0.4) is 0 Å². The molecule has 0 aliphatic carbocycles. The van der Waals surface area contributed by atoms with Crippen LogP contribution >= 0.6 is 0 Å². The zero-order chi connectivity index (χ0) is 29.3. The molecule has 5 heteroatoms. The second kappa shape index (κ2) is 18.0. The van der Waals surface area contributed by atoms with Crippen LogP contribution in [-0.4, -0.2) is 19.8 Å². The third kappa shape index (κ3) is 12.1. The molecule has 0 N–H and O–H groups in total. The largest absolute Gasteiger partial charge is 0.493 e. The SMILES string of the molecule is CCC=CCCOc1ccc2c(OC/C=C(\C)CCC=C(C)C)c(OC/C=C(\C)CCC=C(C)C)c(=O)oc2c1. The molecular weight excluding hydrogens is 500 g/mol. The van der Waals surface area contributed by atoms with Gasteiger partial charge in [0.2, 0.25) is 5.75 Å². The highest BCUT2D eigenvalue weighted by Crippen LogP contribution is 2.35. The lowest BCUT2D eigenvalue weighted by atomic mass is 10.1. The zero-order valence-electron chi connectivity index (χ0n) is 25.6. The smallest absolute Gasteiger partial charge is 0.383 e. The number of ether oxygens (including phenoxy) is 3. The van der Waals surface area contributed by atoms with Crippen molar-refractivity contribution in [2.75, 3.05) is 19.8 Å². The van der Waals surface area contributed by atoms with Gasteiger partial charge < -0.3 is 18.6 Å². The Hall–Kier alpha value is -3.47. The van der Waals surface area contributed by atoms with Crippen LogP contribution in [0, 0.1) is 0 Å². The van der Waals surface area contributed by atoms with E-state index in [1.54, 1.807) is 6.07 Å². The van der Waals surface area contributed by atoms with Crippen LogP contribution in [0.15, 0.2) is 86.2 Å². The normalized spacial score (nSPS) is 12.1. The molecule has 2 rings (SSSR count). The van der Waals surface area contributed by atoms with Crippen LogP contribution in [0.4, 0.5) is 0 Å². The Labute approximate surface area is 240 Å². The first-order chi connectivity index (χ1) is 19.2. The predicted molar refractivity (Wildman–Crippen MR) is 168 cm³/mol. The van der Waals surface area contributed by atoms with Crippen molar-refractivity contribution in [1.82, 2.24) is 0 Å². The van der Waals surface area contributed by atoms with Crippen LogP contribution in [0.5, 0.6) is 17.2 Å². The summed E-state index contributed by atoms with van der Waals surface area (Å²) in [4.78, 5) is 13.1. The highest BCUT2D eigenvalue weighted by atomic mass is 16.5. The lowest BCUT2D eigenvalue weighted by Crippen LogP contribution is -2.11. The minimum Gasteiger partial charge on any atom is -0.493 e. The molecule has 5 nitrogen and oxygen atoms in total. The summed E-state index contributed by atoms with van der Waals surface area (Å²) in [6.45, 7) is 15.8. The van der Waals surface area contributed by atoms with Gasteiger partial charge in [0.25, 0.3) is 0 Å². The van der Waals surface area contributed by atoms with Gasteiger partial charge in [0.05, 0.1) is 12.0 Å². The van der Waals surface area contributed by atoms with E-state index in [1.165, 1.54) is 22.3 Å². The molecule has 0 spiro atoms. The molecule has 40 heavy (non-hydrogen) atoms. The fraction of sp³-hybridized carbons (Fsp3) is 0.457. The molecule has 0 fully saturated rings. The molecule has 0 bridgehead atoms. The number of benzene rings is 1. The van der Waals surface area contributed by atoms with E-state index in [0.29, 0.717) is 35.7 Å². The van der Waals surface area contributed by atoms with Crippen LogP contribution in [0.2, 0.25) is 0 Å². The Bertz CT molecular complexity index is 1280. The van der Waals surface area contributed by atoms with Gasteiger partial charge in [-0.25, -0.2) is 4.79 Å². The molecule has 0 saturated heterocycles. The first-order valence-electron chi connectivity index (χ1n) is 14.4.